The summed E-state index contributed by atoms with van der Waals surface area (Å²) >= 11 is 1.91. The molecule has 1 saturated carbocycles. The van der Waals surface area contributed by atoms with E-state index in [2.05, 4.69) is 16.6 Å². The van der Waals surface area contributed by atoms with Crippen LogP contribution in [-0.2, 0) is 0 Å². The molecule has 0 aliphatic heterocycles. The lowest BCUT2D eigenvalue weighted by atomic mass is 9.95. The van der Waals surface area contributed by atoms with Gasteiger partial charge in [0, 0.05) is 17.5 Å². The van der Waals surface area contributed by atoms with Crippen molar-refractivity contribution in [3.8, 4) is 0 Å². The molecule has 2 unspecified atom stereocenters. The van der Waals surface area contributed by atoms with Gasteiger partial charge in [-0.1, -0.05) is 6.42 Å². The first-order chi connectivity index (χ1) is 7.79. The van der Waals surface area contributed by atoms with Crippen LogP contribution >= 0.6 is 11.8 Å². The van der Waals surface area contributed by atoms with Crippen molar-refractivity contribution in [3.05, 3.63) is 24.1 Å². The number of aromatic nitrogens is 1. The molecule has 4 heteroatoms. The number of nitrogens with one attached hydrogen (secondary N) is 1. The van der Waals surface area contributed by atoms with Crippen LogP contribution in [0.15, 0.2) is 18.3 Å². The first-order valence-electron chi connectivity index (χ1n) is 5.69. The quantitative estimate of drug-likeness (QED) is 0.877. The molecule has 0 saturated heterocycles. The summed E-state index contributed by atoms with van der Waals surface area (Å²) in [5.74, 6) is 0.142. The van der Waals surface area contributed by atoms with Gasteiger partial charge in [0.2, 0.25) is 0 Å². The number of rotatable bonds is 3. The van der Waals surface area contributed by atoms with Crippen molar-refractivity contribution >= 4 is 17.6 Å². The van der Waals surface area contributed by atoms with Crippen molar-refractivity contribution in [1.82, 2.24) is 4.98 Å². The molecule has 88 valence electrons. The average Bonchev–Trinajstić information content (AvgIpc) is 2.32. The highest BCUT2D eigenvalue weighted by atomic mass is 32.2. The van der Waals surface area contributed by atoms with Crippen molar-refractivity contribution in [2.24, 2.45) is 0 Å². The van der Waals surface area contributed by atoms with Crippen LogP contribution in [0.25, 0.3) is 0 Å². The second-order valence-corrected chi connectivity index (χ2v) is 5.34. The van der Waals surface area contributed by atoms with Gasteiger partial charge in [-0.05, 0) is 37.7 Å². The van der Waals surface area contributed by atoms with Gasteiger partial charge in [0.25, 0.3) is 0 Å². The van der Waals surface area contributed by atoms with E-state index >= 15 is 0 Å². The Labute approximate surface area is 100 Å². The van der Waals surface area contributed by atoms with Gasteiger partial charge in [-0.3, -0.25) is 0 Å². The second-order valence-electron chi connectivity index (χ2n) is 4.20. The van der Waals surface area contributed by atoms with E-state index in [0.29, 0.717) is 17.1 Å². The molecule has 0 aromatic carbocycles. The second kappa shape index (κ2) is 5.53. The maximum absolute atomic E-state index is 13.4. The number of pyridine rings is 1. The SMILES string of the molecule is CSC1CCCC(Nc2ncccc2F)C1. The summed E-state index contributed by atoms with van der Waals surface area (Å²) in [5.41, 5.74) is 0. The summed E-state index contributed by atoms with van der Waals surface area (Å²) in [5, 5.41) is 3.92. The molecule has 2 nitrogen and oxygen atoms in total. The summed E-state index contributed by atoms with van der Waals surface area (Å²) in [4.78, 5) is 4.03. The lowest BCUT2D eigenvalue weighted by Gasteiger charge is -2.29. The summed E-state index contributed by atoms with van der Waals surface area (Å²) in [6.45, 7) is 0. The minimum absolute atomic E-state index is 0.256. The normalized spacial score (nSPS) is 25.4. The van der Waals surface area contributed by atoms with E-state index in [1.54, 1.807) is 12.3 Å². The van der Waals surface area contributed by atoms with E-state index in [0.717, 1.165) is 12.8 Å². The van der Waals surface area contributed by atoms with Gasteiger partial charge in [0.1, 0.15) is 0 Å². The Bertz CT molecular complexity index is 346. The molecule has 0 amide bonds. The van der Waals surface area contributed by atoms with Gasteiger partial charge < -0.3 is 5.32 Å². The predicted molar refractivity (Wildman–Crippen MR) is 67.4 cm³/mol. The molecule has 0 spiro atoms. The van der Waals surface area contributed by atoms with Crippen LogP contribution in [0.1, 0.15) is 25.7 Å². The zero-order chi connectivity index (χ0) is 11.4. The van der Waals surface area contributed by atoms with E-state index in [4.69, 9.17) is 0 Å². The van der Waals surface area contributed by atoms with E-state index < -0.39 is 0 Å². The first kappa shape index (κ1) is 11.7. The molecule has 2 rings (SSSR count). The summed E-state index contributed by atoms with van der Waals surface area (Å²) in [6, 6.07) is 3.44. The molecular formula is C12H17FN2S. The third-order valence-corrected chi connectivity index (χ3v) is 4.15. The van der Waals surface area contributed by atoms with Crippen molar-refractivity contribution in [3.63, 3.8) is 0 Å². The molecule has 0 bridgehead atoms. The monoisotopic (exact) mass is 240 g/mol. The smallest absolute Gasteiger partial charge is 0.165 e. The number of anilines is 1. The molecule has 16 heavy (non-hydrogen) atoms. The van der Waals surface area contributed by atoms with E-state index in [1.807, 2.05) is 11.8 Å². The minimum Gasteiger partial charge on any atom is -0.365 e. The Kier molecular flexibility index (Phi) is 4.04. The summed E-state index contributed by atoms with van der Waals surface area (Å²) < 4.78 is 13.4. The fourth-order valence-corrected chi connectivity index (χ4v) is 3.00. The molecule has 0 radical (unpaired) electrons. The molecule has 1 aromatic rings. The number of halogens is 1. The van der Waals surface area contributed by atoms with Crippen molar-refractivity contribution in [1.29, 1.82) is 0 Å². The molecule has 1 heterocycles. The maximum atomic E-state index is 13.4. The molecule has 1 aromatic heterocycles. The predicted octanol–water partition coefficient (Wildman–Crippen LogP) is 3.31. The topological polar surface area (TPSA) is 24.9 Å². The van der Waals surface area contributed by atoms with E-state index in [1.165, 1.54) is 18.9 Å². The van der Waals surface area contributed by atoms with Crippen LogP contribution < -0.4 is 5.32 Å². The summed E-state index contributed by atoms with van der Waals surface area (Å²) in [7, 11) is 0. The number of hydrogen-bond acceptors (Lipinski definition) is 3. The number of hydrogen-bond donors (Lipinski definition) is 1. The van der Waals surface area contributed by atoms with Crippen molar-refractivity contribution in [2.75, 3.05) is 11.6 Å². The minimum atomic E-state index is -0.256. The van der Waals surface area contributed by atoms with Gasteiger partial charge in [-0.25, -0.2) is 9.37 Å². The van der Waals surface area contributed by atoms with Crippen LogP contribution in [0, 0.1) is 5.82 Å². The Hall–Kier alpha value is -0.770. The van der Waals surface area contributed by atoms with Gasteiger partial charge in [0.15, 0.2) is 11.6 Å². The Morgan fingerprint density at radius 2 is 2.38 bits per heavy atom. The summed E-state index contributed by atoms with van der Waals surface area (Å²) in [6.07, 6.45) is 8.50. The van der Waals surface area contributed by atoms with Gasteiger partial charge in [-0.15, -0.1) is 0 Å². The van der Waals surface area contributed by atoms with Crippen LogP contribution in [-0.4, -0.2) is 22.5 Å². The highest BCUT2D eigenvalue weighted by Crippen LogP contribution is 2.28. The van der Waals surface area contributed by atoms with E-state index in [9.17, 15) is 4.39 Å². The lowest BCUT2D eigenvalue weighted by Crippen LogP contribution is -2.29. The first-order valence-corrected chi connectivity index (χ1v) is 6.98. The van der Waals surface area contributed by atoms with E-state index in [-0.39, 0.29) is 5.82 Å². The van der Waals surface area contributed by atoms with Crippen LogP contribution in [0.5, 0.6) is 0 Å². The molecule has 1 aliphatic rings. The zero-order valence-electron chi connectivity index (χ0n) is 9.45. The van der Waals surface area contributed by atoms with Crippen molar-refractivity contribution in [2.45, 2.75) is 37.0 Å². The fourth-order valence-electron chi connectivity index (χ4n) is 2.18. The third kappa shape index (κ3) is 2.88. The molecule has 1 fully saturated rings. The van der Waals surface area contributed by atoms with Gasteiger partial charge >= 0.3 is 0 Å². The molecule has 1 N–H and O–H groups in total. The third-order valence-electron chi connectivity index (χ3n) is 3.06. The average molecular weight is 240 g/mol. The van der Waals surface area contributed by atoms with Crippen LogP contribution in [0.4, 0.5) is 10.2 Å². The van der Waals surface area contributed by atoms with Gasteiger partial charge in [-0.2, -0.15) is 11.8 Å². The Morgan fingerprint density at radius 3 is 3.12 bits per heavy atom. The van der Waals surface area contributed by atoms with Gasteiger partial charge in [0.05, 0.1) is 0 Å². The molecule has 1 aliphatic carbocycles. The standard InChI is InChI=1S/C12H17FN2S/c1-16-10-5-2-4-9(8-10)15-12-11(13)6-3-7-14-12/h3,6-7,9-10H,2,4-5,8H2,1H3,(H,14,15). The number of nitrogens with zero attached hydrogens (tertiary/aromatic N) is 1. The Morgan fingerprint density at radius 1 is 1.50 bits per heavy atom. The highest BCUT2D eigenvalue weighted by molar-refractivity contribution is 7.99. The lowest BCUT2D eigenvalue weighted by molar-refractivity contribution is 0.470. The zero-order valence-corrected chi connectivity index (χ0v) is 10.3. The molecular weight excluding hydrogens is 223 g/mol. The highest BCUT2D eigenvalue weighted by Gasteiger charge is 2.21. The number of thioether (sulfide) groups is 1. The molecule has 2 atom stereocenters. The van der Waals surface area contributed by atoms with Crippen molar-refractivity contribution < 1.29 is 4.39 Å². The fraction of sp³-hybridized carbons (Fsp3) is 0.583. The van der Waals surface area contributed by atoms with Crippen LogP contribution in [0.3, 0.4) is 0 Å². The maximum Gasteiger partial charge on any atom is 0.165 e. The Balaban J connectivity index is 1.97. The largest absolute Gasteiger partial charge is 0.365 e. The van der Waals surface area contributed by atoms with Crippen LogP contribution in [0.2, 0.25) is 0 Å².